The van der Waals surface area contributed by atoms with Crippen molar-refractivity contribution in [1.29, 1.82) is 0 Å². The van der Waals surface area contributed by atoms with Crippen LogP contribution in [0.25, 0.3) is 0 Å². The van der Waals surface area contributed by atoms with Crippen LogP contribution in [-0.2, 0) is 19.6 Å². The lowest BCUT2D eigenvalue weighted by molar-refractivity contribution is -0.137. The first-order valence-corrected chi connectivity index (χ1v) is 5.67. The number of aliphatic hydroxyl groups excluding tert-OH is 1. The predicted octanol–water partition coefficient (Wildman–Crippen LogP) is 2.25. The van der Waals surface area contributed by atoms with E-state index in [2.05, 4.69) is 10.3 Å². The summed E-state index contributed by atoms with van der Waals surface area (Å²) in [5, 5.41) is 17.2. The highest BCUT2D eigenvalue weighted by molar-refractivity contribution is 5.29. The number of aryl methyl sites for hydroxylation is 1. The van der Waals surface area contributed by atoms with Crippen molar-refractivity contribution in [3.63, 3.8) is 0 Å². The van der Waals surface area contributed by atoms with Crippen LogP contribution in [-0.4, -0.2) is 20.1 Å². The van der Waals surface area contributed by atoms with Gasteiger partial charge in [0.15, 0.2) is 0 Å². The summed E-state index contributed by atoms with van der Waals surface area (Å²) in [5.74, 6) is -0.894. The molecule has 1 heterocycles. The summed E-state index contributed by atoms with van der Waals surface area (Å²) in [6.45, 7) is 0. The van der Waals surface area contributed by atoms with Gasteiger partial charge in [-0.25, -0.2) is 4.39 Å². The number of nitrogens with zero attached hydrogens (tertiary/aromatic N) is 3. The first kappa shape index (κ1) is 14.4. The van der Waals surface area contributed by atoms with Crippen LogP contribution in [0, 0.1) is 5.82 Å². The maximum absolute atomic E-state index is 13.5. The molecule has 0 aliphatic carbocycles. The van der Waals surface area contributed by atoms with Crippen LogP contribution in [0.1, 0.15) is 22.9 Å². The molecule has 1 aromatic carbocycles. The lowest BCUT2D eigenvalue weighted by Gasteiger charge is -2.13. The molecule has 1 unspecified atom stereocenters. The van der Waals surface area contributed by atoms with Crippen LogP contribution in [0.4, 0.5) is 17.6 Å². The fraction of sp³-hybridized carbons (Fsp3) is 0.333. The molecule has 2 aromatic rings. The Bertz CT molecular complexity index is 609. The van der Waals surface area contributed by atoms with Crippen LogP contribution in [0.15, 0.2) is 24.4 Å². The average molecular weight is 289 g/mol. The van der Waals surface area contributed by atoms with Crippen LogP contribution in [0.2, 0.25) is 0 Å². The molecule has 0 radical (unpaired) electrons. The molecule has 2 rings (SSSR count). The minimum absolute atomic E-state index is 0.119. The summed E-state index contributed by atoms with van der Waals surface area (Å²) in [6, 6.07) is 1.93. The van der Waals surface area contributed by atoms with E-state index in [4.69, 9.17) is 0 Å². The van der Waals surface area contributed by atoms with Crippen LogP contribution < -0.4 is 0 Å². The molecule has 0 bridgehead atoms. The van der Waals surface area contributed by atoms with Gasteiger partial charge in [-0.1, -0.05) is 5.21 Å². The highest BCUT2D eigenvalue weighted by Gasteiger charge is 2.32. The molecule has 8 heteroatoms. The molecule has 1 atom stereocenters. The largest absolute Gasteiger partial charge is 0.416 e. The first-order valence-electron chi connectivity index (χ1n) is 5.67. The Morgan fingerprint density at radius 3 is 2.60 bits per heavy atom. The summed E-state index contributed by atoms with van der Waals surface area (Å²) in [5.41, 5.74) is -1.06. The van der Waals surface area contributed by atoms with E-state index in [9.17, 15) is 22.7 Å². The van der Waals surface area contributed by atoms with Crippen molar-refractivity contribution in [2.24, 2.45) is 7.05 Å². The van der Waals surface area contributed by atoms with Crippen molar-refractivity contribution in [1.82, 2.24) is 15.0 Å². The van der Waals surface area contributed by atoms with Crippen LogP contribution in [0.5, 0.6) is 0 Å². The monoisotopic (exact) mass is 289 g/mol. The quantitative estimate of drug-likeness (QED) is 0.882. The van der Waals surface area contributed by atoms with Gasteiger partial charge in [-0.2, -0.15) is 13.2 Å². The van der Waals surface area contributed by atoms with Crippen molar-refractivity contribution in [3.05, 3.63) is 47.0 Å². The van der Waals surface area contributed by atoms with Gasteiger partial charge in [-0.15, -0.1) is 5.10 Å². The second-order valence-electron chi connectivity index (χ2n) is 4.34. The van der Waals surface area contributed by atoms with E-state index in [1.807, 2.05) is 0 Å². The maximum Gasteiger partial charge on any atom is 0.416 e. The van der Waals surface area contributed by atoms with E-state index < -0.39 is 29.2 Å². The van der Waals surface area contributed by atoms with Gasteiger partial charge in [0.2, 0.25) is 0 Å². The SMILES string of the molecule is Cn1cc(CC(O)c2cc(C(F)(F)F)ccc2F)nn1. The zero-order chi connectivity index (χ0) is 14.9. The molecule has 20 heavy (non-hydrogen) atoms. The maximum atomic E-state index is 13.5. The van der Waals surface area contributed by atoms with Gasteiger partial charge in [-0.05, 0) is 18.2 Å². The molecule has 108 valence electrons. The van der Waals surface area contributed by atoms with Crippen LogP contribution in [0.3, 0.4) is 0 Å². The Kier molecular flexibility index (Phi) is 3.76. The Morgan fingerprint density at radius 2 is 2.05 bits per heavy atom. The number of aromatic nitrogens is 3. The molecular weight excluding hydrogens is 278 g/mol. The van der Waals surface area contributed by atoms with Crippen LogP contribution >= 0.6 is 0 Å². The minimum atomic E-state index is -4.59. The smallest absolute Gasteiger partial charge is 0.388 e. The summed E-state index contributed by atoms with van der Waals surface area (Å²) in [6.07, 6.45) is -4.63. The Hall–Kier alpha value is -1.96. The molecule has 0 saturated carbocycles. The third-order valence-electron chi connectivity index (χ3n) is 2.73. The van der Waals surface area contributed by atoms with E-state index in [-0.39, 0.29) is 6.42 Å². The van der Waals surface area contributed by atoms with Crippen molar-refractivity contribution in [3.8, 4) is 0 Å². The van der Waals surface area contributed by atoms with E-state index in [0.717, 1.165) is 0 Å². The van der Waals surface area contributed by atoms with Gasteiger partial charge in [-0.3, -0.25) is 4.68 Å². The lowest BCUT2D eigenvalue weighted by Crippen LogP contribution is -2.10. The van der Waals surface area contributed by atoms with E-state index >= 15 is 0 Å². The highest BCUT2D eigenvalue weighted by atomic mass is 19.4. The van der Waals surface area contributed by atoms with E-state index in [1.165, 1.54) is 10.9 Å². The Labute approximate surface area is 111 Å². The zero-order valence-corrected chi connectivity index (χ0v) is 10.4. The van der Waals surface area contributed by atoms with E-state index in [0.29, 0.717) is 23.9 Å². The normalized spacial score (nSPS) is 13.5. The molecule has 4 nitrogen and oxygen atoms in total. The predicted molar refractivity (Wildman–Crippen MR) is 61.1 cm³/mol. The second-order valence-corrected chi connectivity index (χ2v) is 4.34. The average Bonchev–Trinajstić information content (AvgIpc) is 2.73. The molecular formula is C12H11F4N3O. The number of benzene rings is 1. The summed E-state index contributed by atoms with van der Waals surface area (Å²) in [7, 11) is 1.60. The fourth-order valence-electron chi connectivity index (χ4n) is 1.77. The first-order chi connectivity index (χ1) is 9.27. The zero-order valence-electron chi connectivity index (χ0n) is 10.4. The molecule has 0 aliphatic heterocycles. The van der Waals surface area contributed by atoms with Crippen molar-refractivity contribution < 1.29 is 22.7 Å². The standard InChI is InChI=1S/C12H11F4N3O/c1-19-6-8(17-18-19)5-11(20)9-4-7(12(14,15)16)2-3-10(9)13/h2-4,6,11,20H,5H2,1H3. The lowest BCUT2D eigenvalue weighted by atomic mass is 10.0. The number of hydrogen-bond donors (Lipinski definition) is 1. The third kappa shape index (κ3) is 3.13. The van der Waals surface area contributed by atoms with Gasteiger partial charge in [0.05, 0.1) is 17.4 Å². The highest BCUT2D eigenvalue weighted by Crippen LogP contribution is 2.32. The van der Waals surface area contributed by atoms with E-state index in [1.54, 1.807) is 7.05 Å². The van der Waals surface area contributed by atoms with Gasteiger partial charge in [0.1, 0.15) is 5.82 Å². The summed E-state index contributed by atoms with van der Waals surface area (Å²) >= 11 is 0. The molecule has 0 saturated heterocycles. The number of rotatable bonds is 3. The number of halogens is 4. The van der Waals surface area contributed by atoms with Crippen molar-refractivity contribution in [2.45, 2.75) is 18.7 Å². The molecule has 1 N–H and O–H groups in total. The van der Waals surface area contributed by atoms with Gasteiger partial charge in [0, 0.05) is 25.2 Å². The Morgan fingerprint density at radius 1 is 1.35 bits per heavy atom. The molecule has 0 amide bonds. The number of aliphatic hydroxyl groups is 1. The number of hydrogen-bond acceptors (Lipinski definition) is 3. The number of alkyl halides is 3. The third-order valence-corrected chi connectivity index (χ3v) is 2.73. The molecule has 1 aromatic heterocycles. The van der Waals surface area contributed by atoms with Crippen molar-refractivity contribution in [2.75, 3.05) is 0 Å². The summed E-state index contributed by atoms with van der Waals surface area (Å²) < 4.78 is 52.6. The minimum Gasteiger partial charge on any atom is -0.388 e. The second kappa shape index (κ2) is 5.20. The van der Waals surface area contributed by atoms with Crippen molar-refractivity contribution >= 4 is 0 Å². The molecule has 0 aliphatic rings. The van der Waals surface area contributed by atoms with Gasteiger partial charge >= 0.3 is 6.18 Å². The molecule has 0 fully saturated rings. The fourth-order valence-corrected chi connectivity index (χ4v) is 1.77. The topological polar surface area (TPSA) is 50.9 Å². The summed E-state index contributed by atoms with van der Waals surface area (Å²) in [4.78, 5) is 0. The van der Waals surface area contributed by atoms with Gasteiger partial charge < -0.3 is 5.11 Å². The van der Waals surface area contributed by atoms with Gasteiger partial charge in [0.25, 0.3) is 0 Å². The molecule has 0 spiro atoms. The Balaban J connectivity index is 2.27.